The number of β-lactam (4-membered cyclic amide) rings is 1. The highest BCUT2D eigenvalue weighted by Gasteiger charge is 2.50. The number of quaternary nitrogens is 1. The van der Waals surface area contributed by atoms with Crippen LogP contribution in [-0.2, 0) is 9.59 Å². The van der Waals surface area contributed by atoms with Crippen molar-refractivity contribution in [1.29, 1.82) is 0 Å². The number of hydrogen-bond acceptors (Lipinski definition) is 5. The number of carboxylic acids is 1. The van der Waals surface area contributed by atoms with Crippen LogP contribution >= 0.6 is 24.2 Å². The van der Waals surface area contributed by atoms with Crippen molar-refractivity contribution in [1.82, 2.24) is 4.90 Å². The van der Waals surface area contributed by atoms with E-state index in [-0.39, 0.29) is 29.4 Å². The van der Waals surface area contributed by atoms with Crippen LogP contribution in [0.15, 0.2) is 11.3 Å². The Labute approximate surface area is 134 Å². The van der Waals surface area contributed by atoms with Crippen molar-refractivity contribution in [3.05, 3.63) is 11.3 Å². The fourth-order valence-corrected chi connectivity index (χ4v) is 4.69. The van der Waals surface area contributed by atoms with Gasteiger partial charge in [0.05, 0.1) is 31.8 Å². The number of thioether (sulfide) groups is 1. The molecule has 118 valence electrons. The molecule has 0 aliphatic carbocycles. The van der Waals surface area contributed by atoms with E-state index < -0.39 is 12.0 Å². The molecule has 2 fully saturated rings. The van der Waals surface area contributed by atoms with Gasteiger partial charge in [-0.05, 0) is 0 Å². The smallest absolute Gasteiger partial charge is 0.248 e. The topological polar surface area (TPSA) is 86.5 Å². The number of nitrogens with zero attached hydrogens (tertiary/aromatic N) is 2. The molecule has 0 aromatic carbocycles. The zero-order valence-corrected chi connectivity index (χ0v) is 13.5. The molecule has 3 aliphatic heterocycles. The molecule has 2 saturated heterocycles. The van der Waals surface area contributed by atoms with Crippen LogP contribution in [0.25, 0.3) is 0 Å². The van der Waals surface area contributed by atoms with E-state index in [1.807, 2.05) is 0 Å². The van der Waals surface area contributed by atoms with Crippen molar-refractivity contribution in [2.75, 3.05) is 32.4 Å². The second kappa shape index (κ2) is 5.79. The van der Waals surface area contributed by atoms with Gasteiger partial charge in [-0.2, -0.15) is 0 Å². The van der Waals surface area contributed by atoms with Crippen LogP contribution in [0.2, 0.25) is 0 Å². The van der Waals surface area contributed by atoms with E-state index in [1.165, 1.54) is 17.7 Å². The fraction of sp³-hybridized carbons (Fsp3) is 0.692. The van der Waals surface area contributed by atoms with Gasteiger partial charge in [0.1, 0.15) is 18.0 Å². The molecule has 0 bridgehead atoms. The Morgan fingerprint density at radius 1 is 1.48 bits per heavy atom. The summed E-state index contributed by atoms with van der Waals surface area (Å²) in [4.78, 5) is 24.6. The summed E-state index contributed by atoms with van der Waals surface area (Å²) >= 11 is 1.56. The third kappa shape index (κ3) is 2.67. The maximum absolute atomic E-state index is 11.8. The third-order valence-electron chi connectivity index (χ3n) is 4.50. The minimum atomic E-state index is -1.25. The predicted molar refractivity (Wildman–Crippen MR) is 80.4 cm³/mol. The molecular weight excluding hydrogens is 314 g/mol. The van der Waals surface area contributed by atoms with Crippen LogP contribution in [0.4, 0.5) is 0 Å². The van der Waals surface area contributed by atoms with Crippen LogP contribution in [0.1, 0.15) is 12.8 Å². The number of carbonyl (C=O) groups is 2. The summed E-state index contributed by atoms with van der Waals surface area (Å²) in [5.41, 5.74) is 6.61. The molecule has 6 nitrogen and oxygen atoms in total. The van der Waals surface area contributed by atoms with E-state index in [1.54, 1.807) is 11.8 Å². The molecule has 0 unspecified atom stereocenters. The highest BCUT2D eigenvalue weighted by molar-refractivity contribution is 8.00. The molecule has 3 rings (SSSR count). The molecule has 1 amide bonds. The Kier molecular flexibility index (Phi) is 4.58. The van der Waals surface area contributed by atoms with Crippen molar-refractivity contribution in [3.63, 3.8) is 0 Å². The fourth-order valence-electron chi connectivity index (χ4n) is 3.41. The van der Waals surface area contributed by atoms with Crippen LogP contribution in [0.5, 0.6) is 0 Å². The Hall–Kier alpha value is -0.760. The molecule has 0 aromatic heterocycles. The molecule has 3 aliphatic rings. The lowest BCUT2D eigenvalue weighted by atomic mass is 10.0. The first kappa shape index (κ1) is 16.6. The van der Waals surface area contributed by atoms with Crippen molar-refractivity contribution in [2.45, 2.75) is 24.3 Å². The summed E-state index contributed by atoms with van der Waals surface area (Å²) in [6.45, 7) is 2.80. The summed E-state index contributed by atoms with van der Waals surface area (Å²) in [7, 11) is 2.15. The standard InChI is InChI=1S/C13H19N3O3S.ClH/c1-16(4-2-3-5-16)6-8-7-20-12-9(14)11(17)15(12)10(8)13(18)19;/h9,12H,2-7,14H2,1H3;1H/t9-,12-;/m1./s1. The van der Waals surface area contributed by atoms with Gasteiger partial charge in [0.15, 0.2) is 0 Å². The van der Waals surface area contributed by atoms with E-state index in [9.17, 15) is 14.7 Å². The average molecular weight is 334 g/mol. The number of carboxylic acid groups (broad SMARTS) is 1. The number of likely N-dealkylation sites (tertiary alicyclic amines) is 1. The lowest BCUT2D eigenvalue weighted by molar-refractivity contribution is -0.893. The first-order valence-corrected chi connectivity index (χ1v) is 7.95. The number of fused-ring (bicyclic) bond motifs is 1. The van der Waals surface area contributed by atoms with Crippen LogP contribution in [-0.4, -0.2) is 65.1 Å². The molecule has 8 heteroatoms. The number of halogens is 1. The Bertz CT molecular complexity index is 505. The minimum absolute atomic E-state index is 0. The Morgan fingerprint density at radius 2 is 2.10 bits per heavy atom. The lowest BCUT2D eigenvalue weighted by Gasteiger charge is -2.50. The quantitative estimate of drug-likeness (QED) is 0.523. The first-order chi connectivity index (χ1) is 9.43. The van der Waals surface area contributed by atoms with E-state index in [0.29, 0.717) is 12.3 Å². The van der Waals surface area contributed by atoms with E-state index in [2.05, 4.69) is 7.05 Å². The largest absolute Gasteiger partial charge is 0.543 e. The minimum Gasteiger partial charge on any atom is -0.543 e. The maximum atomic E-state index is 11.8. The molecule has 3 heterocycles. The van der Waals surface area contributed by atoms with Gasteiger partial charge < -0.3 is 20.1 Å². The normalized spacial score (nSPS) is 30.6. The summed E-state index contributed by atoms with van der Waals surface area (Å²) in [6.07, 6.45) is 2.35. The maximum Gasteiger partial charge on any atom is 0.248 e. The monoisotopic (exact) mass is 333 g/mol. The number of nitrogens with two attached hydrogens (primary N) is 1. The van der Waals surface area contributed by atoms with Crippen LogP contribution < -0.4 is 10.8 Å². The van der Waals surface area contributed by atoms with Gasteiger partial charge in [-0.25, -0.2) is 0 Å². The van der Waals surface area contributed by atoms with Gasteiger partial charge in [0, 0.05) is 24.2 Å². The number of hydrogen-bond donors (Lipinski definition) is 1. The van der Waals surface area contributed by atoms with Gasteiger partial charge >= 0.3 is 0 Å². The third-order valence-corrected chi connectivity index (χ3v) is 5.86. The number of rotatable bonds is 3. The van der Waals surface area contributed by atoms with Crippen LogP contribution in [0.3, 0.4) is 0 Å². The molecule has 0 aromatic rings. The number of amides is 1. The molecule has 21 heavy (non-hydrogen) atoms. The van der Waals surface area contributed by atoms with Crippen molar-refractivity contribution >= 4 is 36.0 Å². The number of likely N-dealkylation sites (N-methyl/N-ethyl adjacent to an activating group) is 1. The van der Waals surface area contributed by atoms with Gasteiger partial charge in [-0.3, -0.25) is 9.69 Å². The zero-order valence-electron chi connectivity index (χ0n) is 11.9. The summed E-state index contributed by atoms with van der Waals surface area (Å²) in [5, 5.41) is 11.2. The summed E-state index contributed by atoms with van der Waals surface area (Å²) < 4.78 is 0.853. The van der Waals surface area contributed by atoms with E-state index >= 15 is 0 Å². The van der Waals surface area contributed by atoms with Crippen LogP contribution in [0, 0.1) is 0 Å². The predicted octanol–water partition coefficient (Wildman–Crippen LogP) is -1.10. The molecular formula is C13H20ClN3O3S. The highest BCUT2D eigenvalue weighted by Crippen LogP contribution is 2.40. The first-order valence-electron chi connectivity index (χ1n) is 6.90. The lowest BCUT2D eigenvalue weighted by Crippen LogP contribution is -2.69. The van der Waals surface area contributed by atoms with Crippen molar-refractivity contribution < 1.29 is 19.2 Å². The molecule has 2 atom stereocenters. The molecule has 0 radical (unpaired) electrons. The number of aliphatic carboxylic acids is 1. The van der Waals surface area contributed by atoms with Gasteiger partial charge in [0.25, 0.3) is 0 Å². The highest BCUT2D eigenvalue weighted by atomic mass is 35.5. The van der Waals surface area contributed by atoms with Crippen molar-refractivity contribution in [2.24, 2.45) is 5.73 Å². The Morgan fingerprint density at radius 3 is 2.67 bits per heavy atom. The SMILES string of the molecule is C[N+]1(CC2=C(C(=O)[O-])N3C(=O)[C@@H](N)[C@H]3SC2)CCCC1.Cl. The summed E-state index contributed by atoms with van der Waals surface area (Å²) in [6, 6.07) is -0.576. The average Bonchev–Trinajstić information content (AvgIpc) is 2.83. The zero-order chi connectivity index (χ0) is 14.5. The molecule has 0 saturated carbocycles. The van der Waals surface area contributed by atoms with Gasteiger partial charge in [-0.15, -0.1) is 24.2 Å². The van der Waals surface area contributed by atoms with E-state index in [0.717, 1.165) is 23.1 Å². The summed E-state index contributed by atoms with van der Waals surface area (Å²) in [5.74, 6) is -0.932. The van der Waals surface area contributed by atoms with Crippen molar-refractivity contribution in [3.8, 4) is 0 Å². The van der Waals surface area contributed by atoms with Gasteiger partial charge in [-0.1, -0.05) is 0 Å². The second-order valence-electron chi connectivity index (χ2n) is 6.11. The second-order valence-corrected chi connectivity index (χ2v) is 7.21. The molecule has 0 spiro atoms. The van der Waals surface area contributed by atoms with E-state index in [4.69, 9.17) is 5.73 Å². The van der Waals surface area contributed by atoms with Gasteiger partial charge in [0.2, 0.25) is 5.91 Å². The Balaban J connectivity index is 0.00000161. The number of carbonyl (C=O) groups excluding carboxylic acids is 2. The molecule has 2 N–H and O–H groups in total.